The van der Waals surface area contributed by atoms with Gasteiger partial charge in [0.1, 0.15) is 5.75 Å². The zero-order valence-electron chi connectivity index (χ0n) is 15.8. The van der Waals surface area contributed by atoms with Crippen LogP contribution < -0.4 is 4.74 Å². The quantitative estimate of drug-likeness (QED) is 0.241. The van der Waals surface area contributed by atoms with Crippen LogP contribution in [0.1, 0.15) is 29.3 Å². The number of nitro groups is 1. The van der Waals surface area contributed by atoms with Crippen molar-refractivity contribution in [2.24, 2.45) is 0 Å². The number of ether oxygens (including phenoxy) is 2. The molecule has 0 aliphatic rings. The molecule has 1 heterocycles. The first kappa shape index (κ1) is 20.3. The van der Waals surface area contributed by atoms with Crippen LogP contribution in [0.3, 0.4) is 0 Å². The minimum Gasteiger partial charge on any atom is -0.497 e. The van der Waals surface area contributed by atoms with Gasteiger partial charge in [-0.2, -0.15) is 0 Å². The van der Waals surface area contributed by atoms with E-state index in [0.29, 0.717) is 16.2 Å². The Morgan fingerprint density at radius 3 is 2.55 bits per heavy atom. The summed E-state index contributed by atoms with van der Waals surface area (Å²) < 4.78 is 16.0. The molecule has 0 aliphatic carbocycles. The van der Waals surface area contributed by atoms with Crippen molar-refractivity contribution in [3.63, 3.8) is 0 Å². The Bertz CT molecular complexity index is 1030. The molecule has 29 heavy (non-hydrogen) atoms. The second kappa shape index (κ2) is 8.74. The van der Waals surface area contributed by atoms with Crippen molar-refractivity contribution in [2.45, 2.75) is 17.9 Å². The SMILES string of the molecule is COc1ccc(-c2nnc([C@H](C)OC(=O)c3ccc(SC)c([N+](=O)[O-])c3)o2)cc1. The van der Waals surface area contributed by atoms with Gasteiger partial charge in [-0.1, -0.05) is 0 Å². The van der Waals surface area contributed by atoms with E-state index >= 15 is 0 Å². The van der Waals surface area contributed by atoms with E-state index in [1.165, 1.54) is 30.0 Å². The van der Waals surface area contributed by atoms with E-state index in [-0.39, 0.29) is 23.0 Å². The molecule has 0 spiro atoms. The summed E-state index contributed by atoms with van der Waals surface area (Å²) in [6, 6.07) is 11.2. The Kier molecular flexibility index (Phi) is 6.13. The molecule has 0 radical (unpaired) electrons. The Balaban J connectivity index is 1.74. The lowest BCUT2D eigenvalue weighted by molar-refractivity contribution is -0.387. The zero-order valence-corrected chi connectivity index (χ0v) is 16.6. The second-order valence-electron chi connectivity index (χ2n) is 5.87. The molecule has 0 saturated carbocycles. The maximum absolute atomic E-state index is 12.4. The summed E-state index contributed by atoms with van der Waals surface area (Å²) >= 11 is 1.22. The molecule has 2 aromatic carbocycles. The van der Waals surface area contributed by atoms with Crippen LogP contribution in [0.15, 0.2) is 51.8 Å². The standard InChI is InChI=1S/C19H17N3O6S/c1-11(17-20-21-18(28-17)12-4-7-14(26-2)8-5-12)27-19(23)13-6-9-16(29-3)15(10-13)22(24)25/h4-11H,1-3H3/t11-/m0/s1. The van der Waals surface area contributed by atoms with Gasteiger partial charge in [-0.15, -0.1) is 22.0 Å². The Hall–Kier alpha value is -3.40. The van der Waals surface area contributed by atoms with Crippen LogP contribution in [0.2, 0.25) is 0 Å². The van der Waals surface area contributed by atoms with Crippen molar-refractivity contribution in [3.8, 4) is 17.2 Å². The molecular weight excluding hydrogens is 398 g/mol. The summed E-state index contributed by atoms with van der Waals surface area (Å²) in [5.74, 6) is 0.347. The highest BCUT2D eigenvalue weighted by atomic mass is 32.2. The highest BCUT2D eigenvalue weighted by Crippen LogP contribution is 2.29. The molecule has 1 aromatic heterocycles. The van der Waals surface area contributed by atoms with Crippen molar-refractivity contribution < 1.29 is 23.6 Å². The summed E-state index contributed by atoms with van der Waals surface area (Å²) in [6.45, 7) is 1.58. The van der Waals surface area contributed by atoms with Crippen molar-refractivity contribution in [1.29, 1.82) is 0 Å². The number of thioether (sulfide) groups is 1. The molecule has 9 nitrogen and oxygen atoms in total. The van der Waals surface area contributed by atoms with Gasteiger partial charge in [0.25, 0.3) is 11.6 Å². The van der Waals surface area contributed by atoms with Gasteiger partial charge < -0.3 is 13.9 Å². The number of nitrogens with zero attached hydrogens (tertiary/aromatic N) is 3. The van der Waals surface area contributed by atoms with Crippen molar-refractivity contribution >= 4 is 23.4 Å². The maximum Gasteiger partial charge on any atom is 0.339 e. The van der Waals surface area contributed by atoms with E-state index in [1.807, 2.05) is 0 Å². The van der Waals surface area contributed by atoms with Gasteiger partial charge in [0.15, 0.2) is 6.10 Å². The van der Waals surface area contributed by atoms with Gasteiger partial charge in [0, 0.05) is 11.6 Å². The molecule has 0 fully saturated rings. The van der Waals surface area contributed by atoms with E-state index in [2.05, 4.69) is 10.2 Å². The number of rotatable bonds is 7. The van der Waals surface area contributed by atoms with E-state index in [1.54, 1.807) is 44.6 Å². The summed E-state index contributed by atoms with van der Waals surface area (Å²) in [7, 11) is 1.57. The van der Waals surface area contributed by atoms with Gasteiger partial charge in [-0.3, -0.25) is 10.1 Å². The first-order chi connectivity index (χ1) is 13.9. The number of hydrogen-bond acceptors (Lipinski definition) is 9. The average Bonchev–Trinajstić information content (AvgIpc) is 3.23. The molecule has 0 saturated heterocycles. The van der Waals surface area contributed by atoms with Crippen LogP contribution >= 0.6 is 11.8 Å². The number of carbonyl (C=O) groups excluding carboxylic acids is 1. The van der Waals surface area contributed by atoms with Gasteiger partial charge in [-0.25, -0.2) is 4.79 Å². The van der Waals surface area contributed by atoms with Crippen molar-refractivity contribution in [3.05, 3.63) is 64.0 Å². The number of nitro benzene ring substituents is 1. The normalized spacial score (nSPS) is 11.7. The smallest absolute Gasteiger partial charge is 0.339 e. The number of esters is 1. The van der Waals surface area contributed by atoms with E-state index in [0.717, 1.165) is 0 Å². The second-order valence-corrected chi connectivity index (χ2v) is 6.71. The Morgan fingerprint density at radius 1 is 1.21 bits per heavy atom. The Morgan fingerprint density at radius 2 is 1.93 bits per heavy atom. The molecule has 0 amide bonds. The number of carbonyl (C=O) groups is 1. The molecule has 0 unspecified atom stereocenters. The minimum absolute atomic E-state index is 0.0660. The zero-order chi connectivity index (χ0) is 21.0. The third-order valence-corrected chi connectivity index (χ3v) is 4.81. The van der Waals surface area contributed by atoms with E-state index in [9.17, 15) is 14.9 Å². The van der Waals surface area contributed by atoms with Gasteiger partial charge in [0.05, 0.1) is 22.5 Å². The minimum atomic E-state index is -0.832. The fourth-order valence-electron chi connectivity index (χ4n) is 2.49. The lowest BCUT2D eigenvalue weighted by Crippen LogP contribution is -2.10. The van der Waals surface area contributed by atoms with Crippen LogP contribution in [0.25, 0.3) is 11.5 Å². The summed E-state index contributed by atoms with van der Waals surface area (Å²) in [5, 5.41) is 19.1. The Labute approximate surface area is 170 Å². The number of benzene rings is 2. The molecule has 0 aliphatic heterocycles. The summed E-state index contributed by atoms with van der Waals surface area (Å²) in [6.07, 6.45) is 0.888. The van der Waals surface area contributed by atoms with Gasteiger partial charge in [0.2, 0.25) is 5.89 Å². The highest BCUT2D eigenvalue weighted by molar-refractivity contribution is 7.98. The van der Waals surface area contributed by atoms with Crippen LogP contribution in [-0.4, -0.2) is 34.5 Å². The van der Waals surface area contributed by atoms with Crippen molar-refractivity contribution in [2.75, 3.05) is 13.4 Å². The topological polar surface area (TPSA) is 118 Å². The van der Waals surface area contributed by atoms with Crippen LogP contribution in [0.5, 0.6) is 5.75 Å². The third kappa shape index (κ3) is 4.54. The largest absolute Gasteiger partial charge is 0.497 e. The monoisotopic (exact) mass is 415 g/mol. The average molecular weight is 415 g/mol. The highest BCUT2D eigenvalue weighted by Gasteiger charge is 2.22. The predicted molar refractivity (Wildman–Crippen MR) is 105 cm³/mol. The van der Waals surface area contributed by atoms with Crippen LogP contribution in [-0.2, 0) is 4.74 Å². The van der Waals surface area contributed by atoms with Crippen molar-refractivity contribution in [1.82, 2.24) is 10.2 Å². The molecule has 150 valence electrons. The molecule has 1 atom stereocenters. The number of methoxy groups -OCH3 is 1. The first-order valence-corrected chi connectivity index (χ1v) is 9.66. The molecule has 3 rings (SSSR count). The van der Waals surface area contributed by atoms with Gasteiger partial charge >= 0.3 is 5.97 Å². The molecule has 0 N–H and O–H groups in total. The molecule has 3 aromatic rings. The third-order valence-electron chi connectivity index (χ3n) is 4.02. The van der Waals surface area contributed by atoms with E-state index in [4.69, 9.17) is 13.9 Å². The summed E-state index contributed by atoms with van der Waals surface area (Å²) in [4.78, 5) is 23.5. The lowest BCUT2D eigenvalue weighted by atomic mass is 10.2. The predicted octanol–water partition coefficient (Wildman–Crippen LogP) is 4.29. The number of hydrogen-bond donors (Lipinski definition) is 0. The number of aromatic nitrogens is 2. The van der Waals surface area contributed by atoms with Crippen LogP contribution in [0, 0.1) is 10.1 Å². The first-order valence-electron chi connectivity index (χ1n) is 8.44. The lowest BCUT2D eigenvalue weighted by Gasteiger charge is -2.10. The summed E-state index contributed by atoms with van der Waals surface area (Å²) in [5.41, 5.74) is 0.599. The molecule has 0 bridgehead atoms. The van der Waals surface area contributed by atoms with Gasteiger partial charge in [-0.05, 0) is 49.6 Å². The van der Waals surface area contributed by atoms with Crippen LogP contribution in [0.4, 0.5) is 5.69 Å². The fraction of sp³-hybridized carbons (Fsp3) is 0.211. The maximum atomic E-state index is 12.4. The van der Waals surface area contributed by atoms with E-state index < -0.39 is 17.0 Å². The molecular formula is C19H17N3O6S. The fourth-order valence-corrected chi connectivity index (χ4v) is 3.03. The molecule has 10 heteroatoms.